The Morgan fingerprint density at radius 3 is 2.78 bits per heavy atom. The topological polar surface area (TPSA) is 51.4 Å². The van der Waals surface area contributed by atoms with Crippen LogP contribution in [0.3, 0.4) is 0 Å². The first kappa shape index (κ1) is 14.8. The Morgan fingerprint density at radius 1 is 1.44 bits per heavy atom. The molecule has 0 atom stereocenters. The van der Waals surface area contributed by atoms with Crippen molar-refractivity contribution in [3.05, 3.63) is 18.3 Å². The van der Waals surface area contributed by atoms with Gasteiger partial charge in [-0.2, -0.15) is 0 Å². The van der Waals surface area contributed by atoms with Crippen LogP contribution >= 0.6 is 0 Å². The second-order valence-corrected chi connectivity index (χ2v) is 5.40. The van der Waals surface area contributed by atoms with Crippen LogP contribution in [0.2, 0.25) is 0 Å². The number of ether oxygens (including phenoxy) is 1. The van der Waals surface area contributed by atoms with E-state index >= 15 is 0 Å². The van der Waals surface area contributed by atoms with Crippen molar-refractivity contribution < 1.29 is 4.74 Å². The normalized spacial score (nSPS) is 11.4. The van der Waals surface area contributed by atoms with Crippen LogP contribution in [0, 0.1) is 5.41 Å². The van der Waals surface area contributed by atoms with Crippen LogP contribution in [0.15, 0.2) is 18.3 Å². The number of hydrogen-bond acceptors (Lipinski definition) is 4. The van der Waals surface area contributed by atoms with Crippen LogP contribution < -0.4 is 15.4 Å². The van der Waals surface area contributed by atoms with Gasteiger partial charge in [0.1, 0.15) is 0 Å². The smallest absolute Gasteiger partial charge is 0.171 e. The summed E-state index contributed by atoms with van der Waals surface area (Å²) in [6.45, 7) is 8.61. The van der Waals surface area contributed by atoms with Crippen LogP contribution in [-0.2, 0) is 0 Å². The van der Waals surface area contributed by atoms with Gasteiger partial charge in [-0.15, -0.1) is 0 Å². The quantitative estimate of drug-likeness (QED) is 0.808. The molecule has 0 aliphatic heterocycles. The van der Waals surface area contributed by atoms with Crippen LogP contribution in [-0.4, -0.2) is 31.7 Å². The van der Waals surface area contributed by atoms with Crippen molar-refractivity contribution in [2.45, 2.75) is 27.2 Å². The van der Waals surface area contributed by atoms with Crippen molar-refractivity contribution in [1.82, 2.24) is 4.98 Å². The summed E-state index contributed by atoms with van der Waals surface area (Å²) in [5.41, 5.74) is 5.84. The summed E-state index contributed by atoms with van der Waals surface area (Å²) in [5.74, 6) is 1.72. The molecule has 1 rings (SSSR count). The zero-order valence-corrected chi connectivity index (χ0v) is 11.9. The molecule has 0 bridgehead atoms. The first-order valence-electron chi connectivity index (χ1n) is 6.49. The van der Waals surface area contributed by atoms with Gasteiger partial charge < -0.3 is 15.4 Å². The van der Waals surface area contributed by atoms with Crippen molar-refractivity contribution in [3.8, 4) is 5.75 Å². The fourth-order valence-electron chi connectivity index (χ4n) is 1.78. The number of aromatic nitrogens is 1. The molecule has 0 aliphatic carbocycles. The molecule has 0 unspecified atom stereocenters. The number of nitrogens with zero attached hydrogens (tertiary/aromatic N) is 2. The van der Waals surface area contributed by atoms with Gasteiger partial charge in [0.15, 0.2) is 11.6 Å². The van der Waals surface area contributed by atoms with Crippen LogP contribution in [0.5, 0.6) is 5.75 Å². The average Bonchev–Trinajstić information content (AvgIpc) is 2.36. The number of anilines is 1. The minimum absolute atomic E-state index is 0.0638. The average molecular weight is 251 g/mol. The van der Waals surface area contributed by atoms with E-state index in [1.165, 1.54) is 0 Å². The van der Waals surface area contributed by atoms with E-state index in [-0.39, 0.29) is 5.41 Å². The summed E-state index contributed by atoms with van der Waals surface area (Å²) in [4.78, 5) is 6.52. The molecule has 1 aromatic heterocycles. The highest BCUT2D eigenvalue weighted by molar-refractivity contribution is 5.51. The Labute approximate surface area is 110 Å². The molecule has 0 amide bonds. The maximum Gasteiger partial charge on any atom is 0.171 e. The Kier molecular flexibility index (Phi) is 5.41. The van der Waals surface area contributed by atoms with E-state index in [1.807, 2.05) is 19.2 Å². The maximum atomic E-state index is 5.77. The summed E-state index contributed by atoms with van der Waals surface area (Å²) in [5, 5.41) is 0. The van der Waals surface area contributed by atoms with Crippen LogP contribution in [0.1, 0.15) is 27.2 Å². The first-order valence-corrected chi connectivity index (χ1v) is 6.49. The lowest BCUT2D eigenvalue weighted by atomic mass is 9.93. The maximum absolute atomic E-state index is 5.77. The standard InChI is InChI=1S/C14H25N3O/c1-5-9-18-12-7-6-8-16-13(12)17(4)11-14(2,3)10-15/h6-8H,5,9-11,15H2,1-4H3. The van der Waals surface area contributed by atoms with Gasteiger partial charge in [-0.25, -0.2) is 4.98 Å². The minimum atomic E-state index is 0.0638. The molecule has 2 N–H and O–H groups in total. The zero-order valence-electron chi connectivity index (χ0n) is 11.9. The van der Waals surface area contributed by atoms with Gasteiger partial charge >= 0.3 is 0 Å². The molecule has 0 aromatic carbocycles. The van der Waals surface area contributed by atoms with E-state index in [4.69, 9.17) is 10.5 Å². The van der Waals surface area contributed by atoms with Gasteiger partial charge in [-0.05, 0) is 30.5 Å². The fraction of sp³-hybridized carbons (Fsp3) is 0.643. The van der Waals surface area contributed by atoms with Crippen molar-refractivity contribution in [2.24, 2.45) is 11.1 Å². The summed E-state index contributed by atoms with van der Waals surface area (Å²) >= 11 is 0. The van der Waals surface area contributed by atoms with Gasteiger partial charge in [0, 0.05) is 19.8 Å². The summed E-state index contributed by atoms with van der Waals surface area (Å²) < 4.78 is 5.72. The highest BCUT2D eigenvalue weighted by atomic mass is 16.5. The molecule has 1 heterocycles. The van der Waals surface area contributed by atoms with E-state index in [0.29, 0.717) is 13.2 Å². The van der Waals surface area contributed by atoms with Gasteiger partial charge in [-0.1, -0.05) is 20.8 Å². The van der Waals surface area contributed by atoms with Crippen molar-refractivity contribution >= 4 is 5.82 Å². The monoisotopic (exact) mass is 251 g/mol. The van der Waals surface area contributed by atoms with E-state index in [9.17, 15) is 0 Å². The molecule has 18 heavy (non-hydrogen) atoms. The molecule has 0 saturated carbocycles. The second kappa shape index (κ2) is 6.59. The van der Waals surface area contributed by atoms with Crippen molar-refractivity contribution in [2.75, 3.05) is 31.6 Å². The molecule has 0 aliphatic rings. The van der Waals surface area contributed by atoms with Gasteiger partial charge in [0.25, 0.3) is 0 Å². The predicted octanol–water partition coefficient (Wildman–Crippen LogP) is 2.29. The lowest BCUT2D eigenvalue weighted by Crippen LogP contribution is -2.37. The number of pyridine rings is 1. The number of rotatable bonds is 7. The minimum Gasteiger partial charge on any atom is -0.490 e. The molecular formula is C14H25N3O. The van der Waals surface area contributed by atoms with Gasteiger partial charge in [-0.3, -0.25) is 0 Å². The number of nitrogens with two attached hydrogens (primary N) is 1. The first-order chi connectivity index (χ1) is 8.50. The summed E-state index contributed by atoms with van der Waals surface area (Å²) in [6.07, 6.45) is 2.78. The number of hydrogen-bond donors (Lipinski definition) is 1. The molecule has 1 aromatic rings. The van der Waals surface area contributed by atoms with E-state index in [0.717, 1.165) is 24.5 Å². The molecule has 0 fully saturated rings. The molecular weight excluding hydrogens is 226 g/mol. The molecule has 4 heteroatoms. The fourth-order valence-corrected chi connectivity index (χ4v) is 1.78. The highest BCUT2D eigenvalue weighted by Crippen LogP contribution is 2.27. The van der Waals surface area contributed by atoms with Gasteiger partial charge in [0.2, 0.25) is 0 Å². The largest absolute Gasteiger partial charge is 0.490 e. The predicted molar refractivity (Wildman–Crippen MR) is 76.1 cm³/mol. The zero-order chi connectivity index (χ0) is 13.6. The van der Waals surface area contributed by atoms with E-state index in [2.05, 4.69) is 30.7 Å². The highest BCUT2D eigenvalue weighted by Gasteiger charge is 2.20. The Balaban J connectivity index is 2.81. The molecule has 0 saturated heterocycles. The van der Waals surface area contributed by atoms with E-state index < -0.39 is 0 Å². The SMILES string of the molecule is CCCOc1cccnc1N(C)CC(C)(C)CN. The Hall–Kier alpha value is -1.29. The Bertz CT molecular complexity index is 366. The summed E-state index contributed by atoms with van der Waals surface area (Å²) in [6, 6.07) is 3.86. The second-order valence-electron chi connectivity index (χ2n) is 5.40. The molecule has 0 spiro atoms. The van der Waals surface area contributed by atoms with Gasteiger partial charge in [0.05, 0.1) is 6.61 Å². The lowest BCUT2D eigenvalue weighted by molar-refractivity contribution is 0.314. The Morgan fingerprint density at radius 2 is 2.17 bits per heavy atom. The van der Waals surface area contributed by atoms with Crippen molar-refractivity contribution in [1.29, 1.82) is 0 Å². The lowest BCUT2D eigenvalue weighted by Gasteiger charge is -2.30. The summed E-state index contributed by atoms with van der Waals surface area (Å²) in [7, 11) is 2.03. The van der Waals surface area contributed by atoms with Crippen LogP contribution in [0.4, 0.5) is 5.82 Å². The van der Waals surface area contributed by atoms with Crippen LogP contribution in [0.25, 0.3) is 0 Å². The third-order valence-corrected chi connectivity index (χ3v) is 2.79. The third-order valence-electron chi connectivity index (χ3n) is 2.79. The molecule has 4 nitrogen and oxygen atoms in total. The molecule has 0 radical (unpaired) electrons. The molecule has 102 valence electrons. The van der Waals surface area contributed by atoms with Crippen molar-refractivity contribution in [3.63, 3.8) is 0 Å². The third kappa shape index (κ3) is 4.18. The van der Waals surface area contributed by atoms with E-state index in [1.54, 1.807) is 6.20 Å².